The van der Waals surface area contributed by atoms with Crippen LogP contribution in [-0.2, 0) is 16.6 Å². The second kappa shape index (κ2) is 8.76. The number of carbonyl (C=O) groups is 1. The van der Waals surface area contributed by atoms with E-state index in [0.717, 1.165) is 22.9 Å². The van der Waals surface area contributed by atoms with E-state index in [4.69, 9.17) is 0 Å². The number of benzene rings is 2. The van der Waals surface area contributed by atoms with Crippen molar-refractivity contribution in [2.24, 2.45) is 5.92 Å². The van der Waals surface area contributed by atoms with Gasteiger partial charge in [0.25, 0.3) is 5.91 Å². The van der Waals surface area contributed by atoms with Gasteiger partial charge in [0.2, 0.25) is 10.0 Å². The molecule has 1 aliphatic rings. The van der Waals surface area contributed by atoms with Gasteiger partial charge in [0.05, 0.1) is 4.90 Å². The van der Waals surface area contributed by atoms with Crippen LogP contribution in [0.2, 0.25) is 0 Å². The summed E-state index contributed by atoms with van der Waals surface area (Å²) in [4.78, 5) is 14.6. The quantitative estimate of drug-likeness (QED) is 0.667. The molecule has 1 heterocycles. The molecule has 0 aliphatic carbocycles. The lowest BCUT2D eigenvalue weighted by Crippen LogP contribution is -2.37. The van der Waals surface area contributed by atoms with Crippen LogP contribution in [0, 0.1) is 5.92 Å². The Bertz CT molecular complexity index is 936. The number of hydrogen-bond acceptors (Lipinski definition) is 3. The molecular formula is C21H25BrN2O3S. The van der Waals surface area contributed by atoms with Gasteiger partial charge in [0.15, 0.2) is 0 Å². The molecule has 28 heavy (non-hydrogen) atoms. The molecule has 0 bridgehead atoms. The van der Waals surface area contributed by atoms with Gasteiger partial charge in [-0.25, -0.2) is 8.42 Å². The van der Waals surface area contributed by atoms with Crippen molar-refractivity contribution >= 4 is 31.9 Å². The molecule has 1 aliphatic heterocycles. The highest BCUT2D eigenvalue weighted by Crippen LogP contribution is 2.24. The van der Waals surface area contributed by atoms with E-state index in [9.17, 15) is 13.2 Å². The van der Waals surface area contributed by atoms with E-state index in [1.807, 2.05) is 24.3 Å². The topological polar surface area (TPSA) is 57.7 Å². The van der Waals surface area contributed by atoms with E-state index in [2.05, 4.69) is 22.9 Å². The van der Waals surface area contributed by atoms with Crippen LogP contribution in [0.3, 0.4) is 0 Å². The average molecular weight is 465 g/mol. The van der Waals surface area contributed by atoms with Crippen molar-refractivity contribution < 1.29 is 13.2 Å². The van der Waals surface area contributed by atoms with Gasteiger partial charge < -0.3 is 4.90 Å². The summed E-state index contributed by atoms with van der Waals surface area (Å²) in [7, 11) is -1.76. The van der Waals surface area contributed by atoms with Gasteiger partial charge in [-0.15, -0.1) is 0 Å². The molecule has 0 N–H and O–H groups in total. The first-order chi connectivity index (χ1) is 13.3. The lowest BCUT2D eigenvalue weighted by Gasteiger charge is -2.29. The molecule has 1 fully saturated rings. The maximum absolute atomic E-state index is 12.8. The highest BCUT2D eigenvalue weighted by Gasteiger charge is 2.28. The Kier molecular flexibility index (Phi) is 6.58. The number of carbonyl (C=O) groups excluding carboxylic acids is 1. The summed E-state index contributed by atoms with van der Waals surface area (Å²) in [6, 6.07) is 14.0. The summed E-state index contributed by atoms with van der Waals surface area (Å²) < 4.78 is 28.1. The molecule has 5 nitrogen and oxygen atoms in total. The highest BCUT2D eigenvalue weighted by molar-refractivity contribution is 9.10. The van der Waals surface area contributed by atoms with Gasteiger partial charge in [0, 0.05) is 36.7 Å². The first kappa shape index (κ1) is 21.0. The molecule has 0 saturated carbocycles. The Morgan fingerprint density at radius 1 is 1.11 bits per heavy atom. The smallest absolute Gasteiger partial charge is 0.253 e. The number of hydrogen-bond donors (Lipinski definition) is 0. The van der Waals surface area contributed by atoms with Crippen molar-refractivity contribution in [3.8, 4) is 0 Å². The fourth-order valence-corrected chi connectivity index (χ4v) is 5.20. The zero-order valence-corrected chi connectivity index (χ0v) is 18.5. The second-order valence-electron chi connectivity index (χ2n) is 7.36. The van der Waals surface area contributed by atoms with Crippen LogP contribution in [0.1, 0.15) is 35.7 Å². The van der Waals surface area contributed by atoms with Crippen molar-refractivity contribution in [3.05, 3.63) is 64.1 Å². The van der Waals surface area contributed by atoms with Gasteiger partial charge in [-0.2, -0.15) is 4.31 Å². The molecule has 3 rings (SSSR count). The number of piperidine rings is 1. The van der Waals surface area contributed by atoms with Gasteiger partial charge in [0.1, 0.15) is 0 Å². The second-order valence-corrected chi connectivity index (χ2v) is 10.2. The number of amides is 1. The first-order valence-electron chi connectivity index (χ1n) is 9.38. The van der Waals surface area contributed by atoms with Crippen LogP contribution >= 0.6 is 15.9 Å². The normalized spacial score (nSPS) is 16.1. The minimum Gasteiger partial charge on any atom is -0.337 e. The minimum absolute atomic E-state index is 0.147. The molecule has 1 saturated heterocycles. The van der Waals surface area contributed by atoms with E-state index in [1.54, 1.807) is 28.4 Å². The summed E-state index contributed by atoms with van der Waals surface area (Å²) in [6.45, 7) is 3.72. The van der Waals surface area contributed by atoms with Crippen LogP contribution in [0.25, 0.3) is 0 Å². The zero-order chi connectivity index (χ0) is 20.3. The van der Waals surface area contributed by atoms with E-state index in [-0.39, 0.29) is 10.8 Å². The maximum Gasteiger partial charge on any atom is 0.253 e. The maximum atomic E-state index is 12.8. The Morgan fingerprint density at radius 3 is 2.32 bits per heavy atom. The Balaban J connectivity index is 1.71. The fourth-order valence-electron chi connectivity index (χ4n) is 3.32. The zero-order valence-electron chi connectivity index (χ0n) is 16.1. The van der Waals surface area contributed by atoms with Crippen LogP contribution < -0.4 is 0 Å². The van der Waals surface area contributed by atoms with Crippen LogP contribution in [0.5, 0.6) is 0 Å². The van der Waals surface area contributed by atoms with Crippen molar-refractivity contribution in [2.75, 3.05) is 20.1 Å². The third kappa shape index (κ3) is 4.64. The molecule has 150 valence electrons. The lowest BCUT2D eigenvalue weighted by atomic mass is 10.0. The van der Waals surface area contributed by atoms with Gasteiger partial charge in [-0.1, -0.05) is 41.1 Å². The van der Waals surface area contributed by atoms with Gasteiger partial charge in [-0.3, -0.25) is 4.79 Å². The average Bonchev–Trinajstić information content (AvgIpc) is 2.69. The van der Waals surface area contributed by atoms with E-state index in [0.29, 0.717) is 31.1 Å². The largest absolute Gasteiger partial charge is 0.337 e. The molecule has 0 spiro atoms. The van der Waals surface area contributed by atoms with Crippen molar-refractivity contribution in [1.82, 2.24) is 9.21 Å². The lowest BCUT2D eigenvalue weighted by molar-refractivity contribution is 0.0784. The third-order valence-corrected chi connectivity index (χ3v) is 7.88. The molecule has 1 amide bonds. The molecule has 2 aromatic carbocycles. The van der Waals surface area contributed by atoms with Crippen molar-refractivity contribution in [2.45, 2.75) is 31.2 Å². The van der Waals surface area contributed by atoms with Crippen molar-refractivity contribution in [1.29, 1.82) is 0 Å². The molecule has 7 heteroatoms. The number of nitrogens with zero attached hydrogens (tertiary/aromatic N) is 2. The van der Waals surface area contributed by atoms with Crippen LogP contribution in [-0.4, -0.2) is 43.7 Å². The summed E-state index contributed by atoms with van der Waals surface area (Å²) in [6.07, 6.45) is 1.77. The van der Waals surface area contributed by atoms with E-state index in [1.165, 1.54) is 12.1 Å². The fraction of sp³-hybridized carbons (Fsp3) is 0.381. The Labute approximate surface area is 175 Å². The SMILES string of the molecule is CC1CCN(S(=O)(=O)c2ccc(C(=O)N(C)Cc3ccccc3Br)cc2)CC1. The molecule has 0 radical (unpaired) electrons. The Hall–Kier alpha value is -1.70. The monoisotopic (exact) mass is 464 g/mol. The minimum atomic E-state index is -3.50. The number of halogens is 1. The van der Waals surface area contributed by atoms with Crippen LogP contribution in [0.4, 0.5) is 0 Å². The van der Waals surface area contributed by atoms with Crippen molar-refractivity contribution in [3.63, 3.8) is 0 Å². The highest BCUT2D eigenvalue weighted by atomic mass is 79.9. The summed E-state index contributed by atoms with van der Waals surface area (Å²) in [5, 5.41) is 0. The predicted octanol–water partition coefficient (Wildman–Crippen LogP) is 4.14. The molecule has 2 aromatic rings. The third-order valence-electron chi connectivity index (χ3n) is 5.19. The molecule has 0 atom stereocenters. The van der Waals surface area contributed by atoms with Crippen LogP contribution in [0.15, 0.2) is 57.9 Å². The first-order valence-corrected chi connectivity index (χ1v) is 11.6. The predicted molar refractivity (Wildman–Crippen MR) is 114 cm³/mol. The standard InChI is InChI=1S/C21H25BrN2O3S/c1-16-11-13-24(14-12-16)28(26,27)19-9-7-17(8-10-19)21(25)23(2)15-18-5-3-4-6-20(18)22/h3-10,16H,11-15H2,1-2H3. The summed E-state index contributed by atoms with van der Waals surface area (Å²) >= 11 is 3.49. The summed E-state index contributed by atoms with van der Waals surface area (Å²) in [5.74, 6) is 0.415. The number of rotatable bonds is 5. The molecular weight excluding hydrogens is 440 g/mol. The number of sulfonamides is 1. The van der Waals surface area contributed by atoms with E-state index >= 15 is 0 Å². The van der Waals surface area contributed by atoms with Gasteiger partial charge in [-0.05, 0) is 54.7 Å². The Morgan fingerprint density at radius 2 is 1.71 bits per heavy atom. The van der Waals surface area contributed by atoms with Gasteiger partial charge >= 0.3 is 0 Å². The molecule has 0 unspecified atom stereocenters. The molecule has 0 aromatic heterocycles. The summed E-state index contributed by atoms with van der Waals surface area (Å²) in [5.41, 5.74) is 1.48. The van der Waals surface area contributed by atoms with E-state index < -0.39 is 10.0 Å².